The molecule has 0 rings (SSSR count). The molecule has 13 heavy (non-hydrogen) atoms. The van der Waals surface area contributed by atoms with E-state index in [-0.39, 0.29) is 24.0 Å². The van der Waals surface area contributed by atoms with Gasteiger partial charge in [-0.3, -0.25) is 9.59 Å². The number of hydrogen-bond donors (Lipinski definition) is 1. The fourth-order valence-electron chi connectivity index (χ4n) is 1.06. The van der Waals surface area contributed by atoms with Gasteiger partial charge in [0.1, 0.15) is 5.78 Å². The van der Waals surface area contributed by atoms with Gasteiger partial charge in [-0.15, -0.1) is 0 Å². The maximum atomic E-state index is 11.3. The highest BCUT2D eigenvalue weighted by molar-refractivity contribution is 5.85. The quantitative estimate of drug-likeness (QED) is 0.714. The summed E-state index contributed by atoms with van der Waals surface area (Å²) in [5.74, 6) is -1.43. The zero-order valence-corrected chi connectivity index (χ0v) is 8.70. The van der Waals surface area contributed by atoms with Crippen molar-refractivity contribution in [3.8, 4) is 0 Å². The van der Waals surface area contributed by atoms with Crippen LogP contribution in [0.3, 0.4) is 0 Å². The van der Waals surface area contributed by atoms with Gasteiger partial charge < -0.3 is 5.11 Å². The van der Waals surface area contributed by atoms with Crippen LogP contribution in [0.5, 0.6) is 0 Å². The molecular formula is C10H18O3. The minimum absolute atomic E-state index is 0.0141. The van der Waals surface area contributed by atoms with Crippen molar-refractivity contribution < 1.29 is 14.7 Å². The summed E-state index contributed by atoms with van der Waals surface area (Å²) in [6.45, 7) is 7.24. The molecule has 1 atom stereocenters. The Morgan fingerprint density at radius 1 is 1.15 bits per heavy atom. The zero-order valence-electron chi connectivity index (χ0n) is 8.70. The van der Waals surface area contributed by atoms with Gasteiger partial charge in [0.2, 0.25) is 0 Å². The van der Waals surface area contributed by atoms with Crippen LogP contribution in [-0.2, 0) is 9.59 Å². The largest absolute Gasteiger partial charge is 0.481 e. The van der Waals surface area contributed by atoms with Crippen LogP contribution in [0.4, 0.5) is 0 Å². The van der Waals surface area contributed by atoms with Crippen LogP contribution < -0.4 is 0 Å². The topological polar surface area (TPSA) is 54.4 Å². The number of aliphatic carboxylic acids is 1. The molecule has 0 radical (unpaired) electrons. The first kappa shape index (κ1) is 12.1. The normalized spacial score (nSPS) is 13.4. The molecule has 0 saturated carbocycles. The molecule has 0 bridgehead atoms. The molecule has 0 saturated heterocycles. The molecule has 0 aliphatic rings. The van der Waals surface area contributed by atoms with Crippen molar-refractivity contribution in [3.05, 3.63) is 0 Å². The van der Waals surface area contributed by atoms with Crippen LogP contribution >= 0.6 is 0 Å². The summed E-state index contributed by atoms with van der Waals surface area (Å²) < 4.78 is 0. The minimum Gasteiger partial charge on any atom is -0.481 e. The number of rotatable bonds is 5. The molecule has 3 nitrogen and oxygen atoms in total. The first-order valence-corrected chi connectivity index (χ1v) is 4.61. The molecule has 0 spiro atoms. The molecule has 0 unspecified atom stereocenters. The van der Waals surface area contributed by atoms with E-state index in [0.29, 0.717) is 0 Å². The van der Waals surface area contributed by atoms with Crippen molar-refractivity contribution in [2.24, 2.45) is 17.8 Å². The second-order valence-corrected chi connectivity index (χ2v) is 4.01. The summed E-state index contributed by atoms with van der Waals surface area (Å²) in [6.07, 6.45) is 0.157. The highest BCUT2D eigenvalue weighted by Crippen LogP contribution is 2.17. The Bertz CT molecular complexity index is 194. The monoisotopic (exact) mass is 186 g/mol. The Balaban J connectivity index is 4.27. The Labute approximate surface area is 79.1 Å². The number of carboxylic acid groups (broad SMARTS) is 1. The Hall–Kier alpha value is -0.860. The molecule has 0 aliphatic carbocycles. The van der Waals surface area contributed by atoms with Crippen LogP contribution in [-0.4, -0.2) is 16.9 Å². The van der Waals surface area contributed by atoms with E-state index in [0.717, 1.165) is 0 Å². The van der Waals surface area contributed by atoms with Crippen molar-refractivity contribution in [2.45, 2.75) is 34.1 Å². The smallest absolute Gasteiger partial charge is 0.307 e. The molecule has 3 heteroatoms. The third kappa shape index (κ3) is 4.06. The molecular weight excluding hydrogens is 168 g/mol. The molecule has 0 aromatic heterocycles. The van der Waals surface area contributed by atoms with Gasteiger partial charge in [0.05, 0.1) is 5.92 Å². The van der Waals surface area contributed by atoms with E-state index in [4.69, 9.17) is 5.11 Å². The van der Waals surface area contributed by atoms with E-state index >= 15 is 0 Å². The van der Waals surface area contributed by atoms with E-state index in [2.05, 4.69) is 0 Å². The predicted molar refractivity (Wildman–Crippen MR) is 50.4 cm³/mol. The lowest BCUT2D eigenvalue weighted by molar-refractivity contribution is -0.145. The lowest BCUT2D eigenvalue weighted by Gasteiger charge is -2.16. The number of carboxylic acids is 1. The summed E-state index contributed by atoms with van der Waals surface area (Å²) in [7, 11) is 0. The fourth-order valence-corrected chi connectivity index (χ4v) is 1.06. The van der Waals surface area contributed by atoms with Crippen molar-refractivity contribution in [3.63, 3.8) is 0 Å². The second-order valence-electron chi connectivity index (χ2n) is 4.01. The zero-order chi connectivity index (χ0) is 10.6. The summed E-state index contributed by atoms with van der Waals surface area (Å²) in [4.78, 5) is 22.0. The molecule has 76 valence electrons. The number of carbonyl (C=O) groups is 2. The fraction of sp³-hybridized carbons (Fsp3) is 0.800. The second kappa shape index (κ2) is 5.00. The van der Waals surface area contributed by atoms with Crippen molar-refractivity contribution in [1.82, 2.24) is 0 Å². The standard InChI is InChI=1S/C10H18O3/c1-6(2)8(10(12)13)5-9(11)7(3)4/h6-8H,5H2,1-4H3,(H,12,13)/t8-/m1/s1. The van der Waals surface area contributed by atoms with E-state index in [1.165, 1.54) is 0 Å². The molecule has 0 amide bonds. The van der Waals surface area contributed by atoms with Gasteiger partial charge in [-0.2, -0.15) is 0 Å². The Morgan fingerprint density at radius 3 is 1.85 bits per heavy atom. The third-order valence-corrected chi connectivity index (χ3v) is 2.19. The predicted octanol–water partition coefficient (Wildman–Crippen LogP) is 1.96. The number of carbonyl (C=O) groups excluding carboxylic acids is 1. The van der Waals surface area contributed by atoms with Crippen molar-refractivity contribution >= 4 is 11.8 Å². The Kier molecular flexibility index (Phi) is 4.67. The van der Waals surface area contributed by atoms with Crippen LogP contribution in [0.1, 0.15) is 34.1 Å². The maximum Gasteiger partial charge on any atom is 0.307 e. The summed E-state index contributed by atoms with van der Waals surface area (Å²) in [6, 6.07) is 0. The van der Waals surface area contributed by atoms with E-state index < -0.39 is 11.9 Å². The van der Waals surface area contributed by atoms with Gasteiger partial charge in [-0.25, -0.2) is 0 Å². The molecule has 0 heterocycles. The lowest BCUT2D eigenvalue weighted by atomic mass is 9.88. The summed E-state index contributed by atoms with van der Waals surface area (Å²) in [5.41, 5.74) is 0. The lowest BCUT2D eigenvalue weighted by Crippen LogP contribution is -2.24. The summed E-state index contributed by atoms with van der Waals surface area (Å²) >= 11 is 0. The molecule has 0 aromatic rings. The molecule has 0 aliphatic heterocycles. The van der Waals surface area contributed by atoms with Crippen molar-refractivity contribution in [2.75, 3.05) is 0 Å². The number of Topliss-reactive ketones (excluding diaryl/α,β-unsaturated/α-hetero) is 1. The highest BCUT2D eigenvalue weighted by atomic mass is 16.4. The van der Waals surface area contributed by atoms with E-state index in [1.807, 2.05) is 13.8 Å². The highest BCUT2D eigenvalue weighted by Gasteiger charge is 2.25. The van der Waals surface area contributed by atoms with Crippen LogP contribution in [0.15, 0.2) is 0 Å². The van der Waals surface area contributed by atoms with Crippen LogP contribution in [0, 0.1) is 17.8 Å². The van der Waals surface area contributed by atoms with Crippen LogP contribution in [0.2, 0.25) is 0 Å². The van der Waals surface area contributed by atoms with Gasteiger partial charge in [0.15, 0.2) is 0 Å². The first-order chi connectivity index (χ1) is 5.86. The minimum atomic E-state index is -0.871. The van der Waals surface area contributed by atoms with E-state index in [9.17, 15) is 9.59 Å². The average Bonchev–Trinajstić information content (AvgIpc) is 1.97. The number of hydrogen-bond acceptors (Lipinski definition) is 2. The summed E-state index contributed by atoms with van der Waals surface area (Å²) in [5, 5.41) is 8.82. The van der Waals surface area contributed by atoms with Gasteiger partial charge in [-0.05, 0) is 5.92 Å². The number of ketones is 1. The third-order valence-electron chi connectivity index (χ3n) is 2.19. The van der Waals surface area contributed by atoms with Gasteiger partial charge in [-0.1, -0.05) is 27.7 Å². The van der Waals surface area contributed by atoms with E-state index in [1.54, 1.807) is 13.8 Å². The van der Waals surface area contributed by atoms with Crippen molar-refractivity contribution in [1.29, 1.82) is 0 Å². The molecule has 1 N–H and O–H groups in total. The Morgan fingerprint density at radius 2 is 1.62 bits per heavy atom. The maximum absolute atomic E-state index is 11.3. The SMILES string of the molecule is CC(C)C(=O)C[C@@H](C(=O)O)C(C)C. The van der Waals surface area contributed by atoms with Gasteiger partial charge >= 0.3 is 5.97 Å². The molecule has 0 aromatic carbocycles. The van der Waals surface area contributed by atoms with Gasteiger partial charge in [0.25, 0.3) is 0 Å². The first-order valence-electron chi connectivity index (χ1n) is 4.61. The molecule has 0 fully saturated rings. The van der Waals surface area contributed by atoms with Crippen LogP contribution in [0.25, 0.3) is 0 Å². The van der Waals surface area contributed by atoms with Gasteiger partial charge in [0, 0.05) is 12.3 Å². The average molecular weight is 186 g/mol.